The molecule has 0 spiro atoms. The molecule has 1 saturated heterocycles. The maximum Gasteiger partial charge on any atom is 0.417 e. The zero-order chi connectivity index (χ0) is 21.7. The molecule has 6 nitrogen and oxygen atoms in total. The van der Waals surface area contributed by atoms with Crippen molar-refractivity contribution in [2.24, 2.45) is 12.1 Å². The smallest absolute Gasteiger partial charge is 0.379 e. The molecular formula is C21H23F3N4O2. The van der Waals surface area contributed by atoms with Gasteiger partial charge >= 0.3 is 6.18 Å². The Bertz CT molecular complexity index is 1060. The third-order valence-electron chi connectivity index (χ3n) is 5.92. The molecule has 1 aromatic carbocycles. The van der Waals surface area contributed by atoms with Gasteiger partial charge in [-0.15, -0.1) is 0 Å². The minimum Gasteiger partial charge on any atom is -0.379 e. The summed E-state index contributed by atoms with van der Waals surface area (Å²) in [5.41, 5.74) is 2.77. The first-order valence-corrected chi connectivity index (χ1v) is 9.62. The molecule has 1 fully saturated rings. The molecule has 0 saturated carbocycles. The number of hydrazone groups is 1. The number of amidine groups is 1. The standard InChI is InChI=1S/C21H23F3N4O2/c1-13-25-26-18(28(13)3)9-20(11-30-12-20)15-6-4-5-14(7-15)17-8-16(21(22,23)24)10-27(2)19(17)29/h4-8,10,13,25H,9,11-12H2,1-3H3. The van der Waals surface area contributed by atoms with Crippen molar-refractivity contribution in [2.75, 3.05) is 20.3 Å². The molecule has 30 heavy (non-hydrogen) atoms. The van der Waals surface area contributed by atoms with E-state index in [-0.39, 0.29) is 17.1 Å². The third-order valence-corrected chi connectivity index (χ3v) is 5.92. The zero-order valence-electron chi connectivity index (χ0n) is 17.0. The SMILES string of the molecule is CC1NN=C(CC2(c3cccc(-c4cc(C(F)(F)F)cn(C)c4=O)c3)COC2)N1C. The molecule has 0 amide bonds. The number of aryl methyl sites for hydroxylation is 1. The Balaban J connectivity index is 1.73. The lowest BCUT2D eigenvalue weighted by molar-refractivity contribution is -0.138. The summed E-state index contributed by atoms with van der Waals surface area (Å²) in [5.74, 6) is 0.895. The Labute approximate surface area is 172 Å². The van der Waals surface area contributed by atoms with Gasteiger partial charge in [-0.3, -0.25) is 10.2 Å². The number of rotatable bonds is 4. The zero-order valence-corrected chi connectivity index (χ0v) is 17.0. The second-order valence-electron chi connectivity index (χ2n) is 8.03. The van der Waals surface area contributed by atoms with Crippen molar-refractivity contribution in [3.05, 3.63) is 58.0 Å². The number of nitrogens with zero attached hydrogens (tertiary/aromatic N) is 3. The monoisotopic (exact) mass is 420 g/mol. The van der Waals surface area contributed by atoms with Crippen LogP contribution in [0.3, 0.4) is 0 Å². The number of nitrogens with one attached hydrogen (secondary N) is 1. The number of ether oxygens (including phenoxy) is 1. The van der Waals surface area contributed by atoms with Gasteiger partial charge in [-0.1, -0.05) is 24.3 Å². The molecule has 2 aliphatic rings. The van der Waals surface area contributed by atoms with Gasteiger partial charge in [0.15, 0.2) is 0 Å². The van der Waals surface area contributed by atoms with Crippen LogP contribution in [0.5, 0.6) is 0 Å². The lowest BCUT2D eigenvalue weighted by Crippen LogP contribution is -2.50. The molecule has 2 aliphatic heterocycles. The maximum absolute atomic E-state index is 13.3. The van der Waals surface area contributed by atoms with Crippen LogP contribution < -0.4 is 11.0 Å². The van der Waals surface area contributed by atoms with Gasteiger partial charge < -0.3 is 14.2 Å². The molecule has 0 radical (unpaired) electrons. The normalized spacial score (nSPS) is 20.5. The van der Waals surface area contributed by atoms with Gasteiger partial charge in [0.25, 0.3) is 5.56 Å². The molecule has 160 valence electrons. The van der Waals surface area contributed by atoms with Crippen molar-refractivity contribution in [3.8, 4) is 11.1 Å². The Morgan fingerprint density at radius 3 is 2.57 bits per heavy atom. The number of benzene rings is 1. The van der Waals surface area contributed by atoms with Crippen LogP contribution in [0.15, 0.2) is 46.4 Å². The van der Waals surface area contributed by atoms with E-state index in [1.807, 2.05) is 24.9 Å². The highest BCUT2D eigenvalue weighted by molar-refractivity contribution is 5.85. The average molecular weight is 420 g/mol. The van der Waals surface area contributed by atoms with Crippen molar-refractivity contribution < 1.29 is 17.9 Å². The number of halogens is 3. The highest BCUT2D eigenvalue weighted by atomic mass is 19.4. The Morgan fingerprint density at radius 2 is 2.00 bits per heavy atom. The highest BCUT2D eigenvalue weighted by Crippen LogP contribution is 2.39. The fourth-order valence-electron chi connectivity index (χ4n) is 3.83. The predicted octanol–water partition coefficient (Wildman–Crippen LogP) is 2.92. The number of aromatic nitrogens is 1. The quantitative estimate of drug-likeness (QED) is 0.827. The molecule has 9 heteroatoms. The van der Waals surface area contributed by atoms with E-state index in [1.54, 1.807) is 18.2 Å². The Morgan fingerprint density at radius 1 is 1.27 bits per heavy atom. The van der Waals surface area contributed by atoms with E-state index >= 15 is 0 Å². The molecule has 0 aliphatic carbocycles. The second kappa shape index (κ2) is 7.16. The summed E-state index contributed by atoms with van der Waals surface area (Å²) in [6, 6.07) is 8.08. The van der Waals surface area contributed by atoms with Crippen LogP contribution in [0.1, 0.15) is 24.5 Å². The fourth-order valence-corrected chi connectivity index (χ4v) is 3.83. The molecular weight excluding hydrogens is 397 g/mol. The molecule has 4 rings (SSSR count). The Kier molecular flexibility index (Phi) is 4.88. The summed E-state index contributed by atoms with van der Waals surface area (Å²) in [6.45, 7) is 2.97. The van der Waals surface area contributed by atoms with Gasteiger partial charge in [-0.25, -0.2) is 0 Å². The molecule has 3 heterocycles. The van der Waals surface area contributed by atoms with Gasteiger partial charge in [-0.2, -0.15) is 18.3 Å². The van der Waals surface area contributed by atoms with Gasteiger partial charge in [0.1, 0.15) is 12.0 Å². The summed E-state index contributed by atoms with van der Waals surface area (Å²) < 4.78 is 46.3. The van der Waals surface area contributed by atoms with Crippen LogP contribution in [0, 0.1) is 0 Å². The van der Waals surface area contributed by atoms with Crippen molar-refractivity contribution >= 4 is 5.84 Å². The van der Waals surface area contributed by atoms with Crippen LogP contribution in [-0.2, 0) is 23.4 Å². The van der Waals surface area contributed by atoms with Gasteiger partial charge in [0.05, 0.1) is 18.8 Å². The summed E-state index contributed by atoms with van der Waals surface area (Å²) in [4.78, 5) is 14.6. The molecule has 1 aromatic heterocycles. The van der Waals surface area contributed by atoms with Crippen LogP contribution in [0.2, 0.25) is 0 Å². The molecule has 1 atom stereocenters. The van der Waals surface area contributed by atoms with Crippen LogP contribution in [-0.4, -0.2) is 41.7 Å². The van der Waals surface area contributed by atoms with Gasteiger partial charge in [0.2, 0.25) is 0 Å². The first-order chi connectivity index (χ1) is 14.1. The summed E-state index contributed by atoms with van der Waals surface area (Å²) in [7, 11) is 3.29. The number of alkyl halides is 3. The molecule has 1 unspecified atom stereocenters. The van der Waals surface area contributed by atoms with E-state index < -0.39 is 17.3 Å². The van der Waals surface area contributed by atoms with E-state index in [4.69, 9.17) is 4.74 Å². The molecule has 0 bridgehead atoms. The summed E-state index contributed by atoms with van der Waals surface area (Å²) in [5, 5.41) is 4.39. The van der Waals surface area contributed by atoms with Crippen molar-refractivity contribution in [1.29, 1.82) is 0 Å². The Hall–Kier alpha value is -2.81. The van der Waals surface area contributed by atoms with Crippen molar-refractivity contribution in [2.45, 2.75) is 31.1 Å². The van der Waals surface area contributed by atoms with Crippen molar-refractivity contribution in [1.82, 2.24) is 14.9 Å². The van der Waals surface area contributed by atoms with E-state index in [2.05, 4.69) is 10.5 Å². The number of pyridine rings is 1. The first-order valence-electron chi connectivity index (χ1n) is 9.62. The number of hydrogen-bond acceptors (Lipinski definition) is 5. The van der Waals surface area contributed by atoms with Gasteiger partial charge in [-0.05, 0) is 24.1 Å². The van der Waals surface area contributed by atoms with E-state index in [1.165, 1.54) is 7.05 Å². The van der Waals surface area contributed by atoms with Crippen LogP contribution in [0.25, 0.3) is 11.1 Å². The minimum atomic E-state index is -4.53. The topological polar surface area (TPSA) is 58.9 Å². The molecule has 1 N–H and O–H groups in total. The fraction of sp³-hybridized carbons (Fsp3) is 0.429. The summed E-state index contributed by atoms with van der Waals surface area (Å²) in [6.07, 6.45) is -2.99. The minimum absolute atomic E-state index is 0.0233. The van der Waals surface area contributed by atoms with E-state index in [0.717, 1.165) is 28.2 Å². The average Bonchev–Trinajstić information content (AvgIpc) is 2.97. The third kappa shape index (κ3) is 3.47. The highest BCUT2D eigenvalue weighted by Gasteiger charge is 2.43. The molecule has 2 aromatic rings. The van der Waals surface area contributed by atoms with Crippen LogP contribution in [0.4, 0.5) is 13.2 Å². The maximum atomic E-state index is 13.3. The van der Waals surface area contributed by atoms with E-state index in [9.17, 15) is 18.0 Å². The largest absolute Gasteiger partial charge is 0.417 e. The van der Waals surface area contributed by atoms with Gasteiger partial charge in [0, 0.05) is 37.7 Å². The van der Waals surface area contributed by atoms with E-state index in [0.29, 0.717) is 25.2 Å². The summed E-state index contributed by atoms with van der Waals surface area (Å²) >= 11 is 0. The second-order valence-corrected chi connectivity index (χ2v) is 8.03. The van der Waals surface area contributed by atoms with Crippen LogP contribution >= 0.6 is 0 Å². The first kappa shape index (κ1) is 20.5. The van der Waals surface area contributed by atoms with Crippen molar-refractivity contribution in [3.63, 3.8) is 0 Å². The lowest BCUT2D eigenvalue weighted by Gasteiger charge is -2.43. The predicted molar refractivity (Wildman–Crippen MR) is 107 cm³/mol. The number of hydrogen-bond donors (Lipinski definition) is 1. The lowest BCUT2D eigenvalue weighted by atomic mass is 9.74.